The van der Waals surface area contributed by atoms with Gasteiger partial charge in [0.1, 0.15) is 5.82 Å². The van der Waals surface area contributed by atoms with Gasteiger partial charge >= 0.3 is 0 Å². The zero-order valence-electron chi connectivity index (χ0n) is 9.60. The second-order valence-electron chi connectivity index (χ2n) is 4.38. The average Bonchev–Trinajstić information content (AvgIpc) is 2.63. The Bertz CT molecular complexity index is 498. The third-order valence-corrected chi connectivity index (χ3v) is 4.66. The SMILES string of the molecule is CC1CCC(CS(=O)(=O)c2cccc(F)c2)O1. The summed E-state index contributed by atoms with van der Waals surface area (Å²) in [6.07, 6.45) is 1.47. The Hall–Kier alpha value is -0.940. The second kappa shape index (κ2) is 4.74. The Morgan fingerprint density at radius 1 is 1.41 bits per heavy atom. The van der Waals surface area contributed by atoms with E-state index in [2.05, 4.69) is 0 Å². The van der Waals surface area contributed by atoms with Crippen molar-refractivity contribution < 1.29 is 17.5 Å². The van der Waals surface area contributed by atoms with E-state index in [0.717, 1.165) is 18.9 Å². The fourth-order valence-corrected chi connectivity index (χ4v) is 3.51. The molecule has 2 rings (SSSR count). The molecule has 2 unspecified atom stereocenters. The number of sulfone groups is 1. The van der Waals surface area contributed by atoms with Crippen LogP contribution in [0.4, 0.5) is 4.39 Å². The molecule has 17 heavy (non-hydrogen) atoms. The van der Waals surface area contributed by atoms with Crippen LogP contribution in [-0.2, 0) is 14.6 Å². The molecular formula is C12H15FO3S. The van der Waals surface area contributed by atoms with Gasteiger partial charge in [-0.3, -0.25) is 0 Å². The maximum Gasteiger partial charge on any atom is 0.181 e. The molecule has 0 amide bonds. The lowest BCUT2D eigenvalue weighted by atomic mass is 10.2. The molecule has 1 fully saturated rings. The number of halogens is 1. The van der Waals surface area contributed by atoms with Gasteiger partial charge < -0.3 is 4.74 Å². The number of benzene rings is 1. The summed E-state index contributed by atoms with van der Waals surface area (Å²) in [5.41, 5.74) is 0. The highest BCUT2D eigenvalue weighted by atomic mass is 32.2. The molecule has 1 aromatic carbocycles. The lowest BCUT2D eigenvalue weighted by molar-refractivity contribution is 0.0690. The molecule has 1 saturated heterocycles. The molecule has 1 aliphatic heterocycles. The standard InChI is InChI=1S/C12H15FO3S/c1-9-5-6-11(16-9)8-17(14,15)12-4-2-3-10(13)7-12/h2-4,7,9,11H,5-6,8H2,1H3. The summed E-state index contributed by atoms with van der Waals surface area (Å²) in [5, 5.41) is 0. The van der Waals surface area contributed by atoms with Crippen LogP contribution in [0.3, 0.4) is 0 Å². The van der Waals surface area contributed by atoms with Gasteiger partial charge in [-0.25, -0.2) is 12.8 Å². The number of rotatable bonds is 3. The van der Waals surface area contributed by atoms with Gasteiger partial charge in [0.25, 0.3) is 0 Å². The first-order chi connectivity index (χ1) is 7.97. The minimum atomic E-state index is -3.45. The van der Waals surface area contributed by atoms with Crippen molar-refractivity contribution in [2.75, 3.05) is 5.75 Å². The molecule has 0 spiro atoms. The van der Waals surface area contributed by atoms with Crippen LogP contribution in [-0.4, -0.2) is 26.4 Å². The van der Waals surface area contributed by atoms with Crippen molar-refractivity contribution in [1.29, 1.82) is 0 Å². The molecule has 5 heteroatoms. The van der Waals surface area contributed by atoms with E-state index in [-0.39, 0.29) is 22.9 Å². The van der Waals surface area contributed by atoms with E-state index in [9.17, 15) is 12.8 Å². The smallest absolute Gasteiger partial charge is 0.181 e. The summed E-state index contributed by atoms with van der Waals surface area (Å²) in [6.45, 7) is 1.93. The number of hydrogen-bond acceptors (Lipinski definition) is 3. The van der Waals surface area contributed by atoms with E-state index in [0.29, 0.717) is 0 Å². The van der Waals surface area contributed by atoms with E-state index in [1.54, 1.807) is 0 Å². The predicted molar refractivity (Wildman–Crippen MR) is 62.0 cm³/mol. The van der Waals surface area contributed by atoms with Gasteiger partial charge in [0.15, 0.2) is 9.84 Å². The van der Waals surface area contributed by atoms with Gasteiger partial charge in [-0.05, 0) is 38.0 Å². The van der Waals surface area contributed by atoms with Crippen molar-refractivity contribution in [3.8, 4) is 0 Å². The van der Waals surface area contributed by atoms with Gasteiger partial charge in [-0.1, -0.05) is 6.07 Å². The van der Waals surface area contributed by atoms with E-state index in [1.807, 2.05) is 6.92 Å². The normalized spacial score (nSPS) is 25.1. The lowest BCUT2D eigenvalue weighted by Crippen LogP contribution is -2.21. The van der Waals surface area contributed by atoms with Crippen LogP contribution < -0.4 is 0 Å². The minimum absolute atomic E-state index is 0.0284. The minimum Gasteiger partial charge on any atom is -0.374 e. The molecule has 0 aromatic heterocycles. The average molecular weight is 258 g/mol. The lowest BCUT2D eigenvalue weighted by Gasteiger charge is -2.11. The van der Waals surface area contributed by atoms with E-state index >= 15 is 0 Å². The van der Waals surface area contributed by atoms with Gasteiger partial charge in [-0.2, -0.15) is 0 Å². The maximum absolute atomic E-state index is 13.0. The van der Waals surface area contributed by atoms with Crippen LogP contribution in [0.1, 0.15) is 19.8 Å². The molecule has 0 N–H and O–H groups in total. The first kappa shape index (κ1) is 12.5. The van der Waals surface area contributed by atoms with Crippen LogP contribution in [0.2, 0.25) is 0 Å². The van der Waals surface area contributed by atoms with Crippen molar-refractivity contribution in [2.45, 2.75) is 36.9 Å². The Balaban J connectivity index is 2.14. The third kappa shape index (κ3) is 3.04. The maximum atomic E-state index is 13.0. The molecule has 1 aromatic rings. The molecule has 94 valence electrons. The molecule has 0 radical (unpaired) electrons. The zero-order valence-corrected chi connectivity index (χ0v) is 10.4. The van der Waals surface area contributed by atoms with Crippen molar-refractivity contribution >= 4 is 9.84 Å². The summed E-state index contributed by atoms with van der Waals surface area (Å²) < 4.78 is 42.5. The quantitative estimate of drug-likeness (QED) is 0.834. The molecular weight excluding hydrogens is 243 g/mol. The summed E-state index contributed by atoms with van der Waals surface area (Å²) in [7, 11) is -3.45. The molecule has 0 bridgehead atoms. The first-order valence-corrected chi connectivity index (χ1v) is 7.26. The number of hydrogen-bond donors (Lipinski definition) is 0. The Labute approximate surface area is 101 Å². The highest BCUT2D eigenvalue weighted by Gasteiger charge is 2.28. The van der Waals surface area contributed by atoms with Crippen LogP contribution >= 0.6 is 0 Å². The summed E-state index contributed by atoms with van der Waals surface area (Å²) in [5.74, 6) is -0.604. The predicted octanol–water partition coefficient (Wildman–Crippen LogP) is 2.17. The monoisotopic (exact) mass is 258 g/mol. The number of ether oxygens (including phenoxy) is 1. The van der Waals surface area contributed by atoms with E-state index in [4.69, 9.17) is 4.74 Å². The summed E-state index contributed by atoms with van der Waals surface area (Å²) in [4.78, 5) is 0.0284. The van der Waals surface area contributed by atoms with Gasteiger partial charge in [0.05, 0.1) is 22.9 Å². The van der Waals surface area contributed by atoms with Crippen molar-refractivity contribution in [2.24, 2.45) is 0 Å². The molecule has 0 saturated carbocycles. The zero-order chi connectivity index (χ0) is 12.5. The Morgan fingerprint density at radius 2 is 2.18 bits per heavy atom. The second-order valence-corrected chi connectivity index (χ2v) is 6.42. The highest BCUT2D eigenvalue weighted by Crippen LogP contribution is 2.23. The highest BCUT2D eigenvalue weighted by molar-refractivity contribution is 7.91. The molecule has 1 aliphatic rings. The third-order valence-electron chi connectivity index (χ3n) is 2.88. The van der Waals surface area contributed by atoms with Crippen molar-refractivity contribution in [3.63, 3.8) is 0 Å². The summed E-state index contributed by atoms with van der Waals surface area (Å²) >= 11 is 0. The molecule has 3 nitrogen and oxygen atoms in total. The van der Waals surface area contributed by atoms with Crippen LogP contribution in [0.25, 0.3) is 0 Å². The van der Waals surface area contributed by atoms with Crippen molar-refractivity contribution in [1.82, 2.24) is 0 Å². The van der Waals surface area contributed by atoms with Gasteiger partial charge in [0, 0.05) is 0 Å². The Kier molecular flexibility index (Phi) is 3.49. The topological polar surface area (TPSA) is 43.4 Å². The largest absolute Gasteiger partial charge is 0.374 e. The van der Waals surface area contributed by atoms with Crippen LogP contribution in [0.5, 0.6) is 0 Å². The van der Waals surface area contributed by atoms with E-state index in [1.165, 1.54) is 18.2 Å². The molecule has 1 heterocycles. The first-order valence-electron chi connectivity index (χ1n) is 5.61. The Morgan fingerprint density at radius 3 is 2.76 bits per heavy atom. The van der Waals surface area contributed by atoms with E-state index < -0.39 is 15.7 Å². The summed E-state index contributed by atoms with van der Waals surface area (Å²) in [6, 6.07) is 5.10. The van der Waals surface area contributed by atoms with Gasteiger partial charge in [-0.15, -0.1) is 0 Å². The van der Waals surface area contributed by atoms with Crippen molar-refractivity contribution in [3.05, 3.63) is 30.1 Å². The van der Waals surface area contributed by atoms with Gasteiger partial charge in [0.2, 0.25) is 0 Å². The van der Waals surface area contributed by atoms with Crippen LogP contribution in [0, 0.1) is 5.82 Å². The fraction of sp³-hybridized carbons (Fsp3) is 0.500. The fourth-order valence-electron chi connectivity index (χ4n) is 2.01. The van der Waals surface area contributed by atoms with Crippen LogP contribution in [0.15, 0.2) is 29.2 Å². The molecule has 2 atom stereocenters. The molecule has 0 aliphatic carbocycles.